The van der Waals surface area contributed by atoms with Crippen LogP contribution in [0.25, 0.3) is 0 Å². The molecule has 16 heavy (non-hydrogen) atoms. The van der Waals surface area contributed by atoms with Gasteiger partial charge in [-0.15, -0.1) is 11.6 Å². The van der Waals surface area contributed by atoms with Crippen molar-refractivity contribution in [1.29, 1.82) is 0 Å². The molecule has 2 atom stereocenters. The lowest BCUT2D eigenvalue weighted by atomic mass is 10.1. The van der Waals surface area contributed by atoms with Crippen molar-refractivity contribution >= 4 is 11.6 Å². The van der Waals surface area contributed by atoms with Gasteiger partial charge < -0.3 is 4.74 Å². The van der Waals surface area contributed by atoms with Crippen LogP contribution in [0.15, 0.2) is 0 Å². The third-order valence-corrected chi connectivity index (χ3v) is 4.28. The molecule has 3 nitrogen and oxygen atoms in total. The van der Waals surface area contributed by atoms with E-state index in [1.165, 1.54) is 26.1 Å². The second-order valence-electron chi connectivity index (χ2n) is 4.98. The molecular weight excluding hydrogens is 224 g/mol. The molecule has 0 radical (unpaired) electrons. The van der Waals surface area contributed by atoms with Gasteiger partial charge in [-0.1, -0.05) is 6.92 Å². The number of nitrogens with zero attached hydrogens (tertiary/aromatic N) is 2. The van der Waals surface area contributed by atoms with Gasteiger partial charge in [0.1, 0.15) is 0 Å². The SMILES string of the molecule is CC1CCN(CCN2CCOCC2)C1CCl. The number of likely N-dealkylation sites (tertiary alicyclic amines) is 1. The van der Waals surface area contributed by atoms with Crippen molar-refractivity contribution in [2.24, 2.45) is 5.92 Å². The predicted octanol–water partition coefficient (Wildman–Crippen LogP) is 1.27. The fraction of sp³-hybridized carbons (Fsp3) is 1.00. The Kier molecular flexibility index (Phi) is 4.89. The maximum atomic E-state index is 6.04. The zero-order valence-corrected chi connectivity index (χ0v) is 11.0. The van der Waals surface area contributed by atoms with Crippen LogP contribution >= 0.6 is 11.6 Å². The Bertz CT molecular complexity index is 209. The van der Waals surface area contributed by atoms with Crippen LogP contribution in [0.2, 0.25) is 0 Å². The van der Waals surface area contributed by atoms with Crippen LogP contribution in [-0.2, 0) is 4.74 Å². The molecule has 2 unspecified atom stereocenters. The van der Waals surface area contributed by atoms with Crippen LogP contribution in [0, 0.1) is 5.92 Å². The Morgan fingerprint density at radius 3 is 2.62 bits per heavy atom. The van der Waals surface area contributed by atoms with Gasteiger partial charge in [0.25, 0.3) is 0 Å². The fourth-order valence-electron chi connectivity index (χ4n) is 2.71. The first kappa shape index (κ1) is 12.6. The van der Waals surface area contributed by atoms with Crippen molar-refractivity contribution in [3.63, 3.8) is 0 Å². The molecule has 0 bridgehead atoms. The third kappa shape index (κ3) is 3.10. The van der Waals surface area contributed by atoms with E-state index in [0.717, 1.165) is 38.1 Å². The highest BCUT2D eigenvalue weighted by atomic mass is 35.5. The van der Waals surface area contributed by atoms with Gasteiger partial charge in [0, 0.05) is 38.1 Å². The number of ether oxygens (including phenoxy) is 1. The summed E-state index contributed by atoms with van der Waals surface area (Å²) < 4.78 is 5.35. The molecule has 0 aliphatic carbocycles. The van der Waals surface area contributed by atoms with E-state index >= 15 is 0 Å². The van der Waals surface area contributed by atoms with Gasteiger partial charge in [0.2, 0.25) is 0 Å². The van der Waals surface area contributed by atoms with E-state index in [1.54, 1.807) is 0 Å². The van der Waals surface area contributed by atoms with Crippen molar-refractivity contribution in [3.05, 3.63) is 0 Å². The number of rotatable bonds is 4. The highest BCUT2D eigenvalue weighted by Gasteiger charge is 2.30. The minimum absolute atomic E-state index is 0.600. The van der Waals surface area contributed by atoms with Crippen molar-refractivity contribution in [2.45, 2.75) is 19.4 Å². The van der Waals surface area contributed by atoms with E-state index in [-0.39, 0.29) is 0 Å². The smallest absolute Gasteiger partial charge is 0.0594 e. The molecule has 2 aliphatic heterocycles. The van der Waals surface area contributed by atoms with E-state index in [1.807, 2.05) is 0 Å². The minimum Gasteiger partial charge on any atom is -0.379 e. The molecule has 2 rings (SSSR count). The molecule has 0 aromatic heterocycles. The Morgan fingerprint density at radius 2 is 1.94 bits per heavy atom. The molecule has 0 saturated carbocycles. The van der Waals surface area contributed by atoms with Crippen molar-refractivity contribution in [1.82, 2.24) is 9.80 Å². The average molecular weight is 247 g/mol. The van der Waals surface area contributed by atoms with Crippen molar-refractivity contribution < 1.29 is 4.74 Å². The summed E-state index contributed by atoms with van der Waals surface area (Å²) in [5, 5.41) is 0. The topological polar surface area (TPSA) is 15.7 Å². The largest absolute Gasteiger partial charge is 0.379 e. The molecule has 2 fully saturated rings. The van der Waals surface area contributed by atoms with E-state index in [4.69, 9.17) is 16.3 Å². The highest BCUT2D eigenvalue weighted by molar-refractivity contribution is 6.18. The zero-order chi connectivity index (χ0) is 11.4. The molecule has 0 amide bonds. The summed E-state index contributed by atoms with van der Waals surface area (Å²) in [6.07, 6.45) is 1.31. The molecule has 0 N–H and O–H groups in total. The summed E-state index contributed by atoms with van der Waals surface area (Å²) >= 11 is 6.04. The summed E-state index contributed by atoms with van der Waals surface area (Å²) in [5.41, 5.74) is 0. The predicted molar refractivity (Wildman–Crippen MR) is 67.1 cm³/mol. The molecule has 0 aromatic rings. The Balaban J connectivity index is 1.72. The van der Waals surface area contributed by atoms with Crippen LogP contribution in [0.4, 0.5) is 0 Å². The molecule has 2 saturated heterocycles. The molecule has 0 aromatic carbocycles. The van der Waals surface area contributed by atoms with E-state index in [2.05, 4.69) is 16.7 Å². The van der Waals surface area contributed by atoms with Gasteiger partial charge in [-0.2, -0.15) is 0 Å². The van der Waals surface area contributed by atoms with Crippen molar-refractivity contribution in [2.75, 3.05) is 51.8 Å². The van der Waals surface area contributed by atoms with Gasteiger partial charge in [-0.05, 0) is 18.9 Å². The Labute approximate surface area is 104 Å². The number of halogens is 1. The lowest BCUT2D eigenvalue weighted by Gasteiger charge is -2.31. The second-order valence-corrected chi connectivity index (χ2v) is 5.29. The van der Waals surface area contributed by atoms with Gasteiger partial charge in [-0.3, -0.25) is 9.80 Å². The fourth-order valence-corrected chi connectivity index (χ4v) is 3.21. The maximum Gasteiger partial charge on any atom is 0.0594 e. The molecule has 2 heterocycles. The summed E-state index contributed by atoms with van der Waals surface area (Å²) in [6, 6.07) is 0.600. The maximum absolute atomic E-state index is 6.04. The summed E-state index contributed by atoms with van der Waals surface area (Å²) in [7, 11) is 0. The number of alkyl halides is 1. The highest BCUT2D eigenvalue weighted by Crippen LogP contribution is 2.24. The van der Waals surface area contributed by atoms with Gasteiger partial charge >= 0.3 is 0 Å². The van der Waals surface area contributed by atoms with E-state index < -0.39 is 0 Å². The quantitative estimate of drug-likeness (QED) is 0.695. The molecular formula is C12H23ClN2O. The van der Waals surface area contributed by atoms with Crippen LogP contribution < -0.4 is 0 Å². The minimum atomic E-state index is 0.600. The summed E-state index contributed by atoms with van der Waals surface area (Å²) in [5.74, 6) is 1.55. The van der Waals surface area contributed by atoms with E-state index in [9.17, 15) is 0 Å². The lowest BCUT2D eigenvalue weighted by molar-refractivity contribution is 0.0327. The molecule has 2 aliphatic rings. The third-order valence-electron chi connectivity index (χ3n) is 3.96. The van der Waals surface area contributed by atoms with Gasteiger partial charge in [-0.25, -0.2) is 0 Å². The van der Waals surface area contributed by atoms with Gasteiger partial charge in [0.15, 0.2) is 0 Å². The first-order chi connectivity index (χ1) is 7.81. The zero-order valence-electron chi connectivity index (χ0n) is 10.2. The molecule has 94 valence electrons. The van der Waals surface area contributed by atoms with Crippen LogP contribution in [0.1, 0.15) is 13.3 Å². The first-order valence-electron chi connectivity index (χ1n) is 6.41. The number of hydrogen-bond acceptors (Lipinski definition) is 3. The summed E-state index contributed by atoms with van der Waals surface area (Å²) in [6.45, 7) is 9.87. The Hall–Kier alpha value is 0.170. The molecule has 4 heteroatoms. The number of morpholine rings is 1. The summed E-state index contributed by atoms with van der Waals surface area (Å²) in [4.78, 5) is 5.06. The molecule has 0 spiro atoms. The van der Waals surface area contributed by atoms with E-state index in [0.29, 0.717) is 6.04 Å². The number of hydrogen-bond donors (Lipinski definition) is 0. The van der Waals surface area contributed by atoms with Gasteiger partial charge in [0.05, 0.1) is 13.2 Å². The average Bonchev–Trinajstić information content (AvgIpc) is 2.68. The van der Waals surface area contributed by atoms with Crippen LogP contribution in [0.5, 0.6) is 0 Å². The standard InChI is InChI=1S/C12H23ClN2O/c1-11-2-3-15(12(11)10-13)5-4-14-6-8-16-9-7-14/h11-12H,2-10H2,1H3. The monoisotopic (exact) mass is 246 g/mol. The lowest BCUT2D eigenvalue weighted by Crippen LogP contribution is -2.43. The van der Waals surface area contributed by atoms with Crippen LogP contribution in [0.3, 0.4) is 0 Å². The van der Waals surface area contributed by atoms with Crippen molar-refractivity contribution in [3.8, 4) is 0 Å². The second kappa shape index (κ2) is 6.20. The Morgan fingerprint density at radius 1 is 1.19 bits per heavy atom. The first-order valence-corrected chi connectivity index (χ1v) is 6.95. The van der Waals surface area contributed by atoms with Crippen LogP contribution in [-0.4, -0.2) is 67.7 Å². The normalized spacial score (nSPS) is 33.4.